The van der Waals surface area contributed by atoms with Gasteiger partial charge in [-0.3, -0.25) is 0 Å². The second kappa shape index (κ2) is 7.83. The minimum absolute atomic E-state index is 0.207. The minimum atomic E-state index is -1.11. The van der Waals surface area contributed by atoms with Gasteiger partial charge in [-0.15, -0.1) is 0 Å². The Balaban J connectivity index is 2.40. The van der Waals surface area contributed by atoms with Crippen molar-refractivity contribution in [2.24, 2.45) is 5.92 Å². The van der Waals surface area contributed by atoms with Gasteiger partial charge in [0.15, 0.2) is 0 Å². The highest BCUT2D eigenvalue weighted by Gasteiger charge is 2.46. The highest BCUT2D eigenvalue weighted by atomic mass is 16.6. The normalized spacial score (nSPS) is 35.0. The Morgan fingerprint density at radius 1 is 1.44 bits per heavy atom. The molecule has 0 aromatic rings. The van der Waals surface area contributed by atoms with Crippen molar-refractivity contribution in [3.8, 4) is 0 Å². The number of fused-ring (bicyclic) bond motifs is 1. The quantitative estimate of drug-likeness (QED) is 0.473. The Morgan fingerprint density at radius 3 is 2.76 bits per heavy atom. The molecule has 2 aliphatic rings. The molecule has 0 spiro atoms. The fraction of sp³-hybridized carbons (Fsp3) is 0.500. The number of carbonyl (C=O) groups excluding carboxylic acids is 2. The first-order chi connectivity index (χ1) is 11.8. The lowest BCUT2D eigenvalue weighted by Crippen LogP contribution is -2.41. The first kappa shape index (κ1) is 19.2. The van der Waals surface area contributed by atoms with E-state index in [9.17, 15) is 14.7 Å². The summed E-state index contributed by atoms with van der Waals surface area (Å²) in [5.74, 6) is -1.66. The van der Waals surface area contributed by atoms with Crippen molar-refractivity contribution in [3.05, 3.63) is 47.1 Å². The van der Waals surface area contributed by atoms with E-state index in [4.69, 9.17) is 9.47 Å². The number of hydrogen-bond donors (Lipinski definition) is 1. The van der Waals surface area contributed by atoms with Crippen LogP contribution in [0.15, 0.2) is 47.1 Å². The summed E-state index contributed by atoms with van der Waals surface area (Å²) in [4.78, 5) is 24.2. The maximum absolute atomic E-state index is 12.2. The van der Waals surface area contributed by atoms with E-state index in [1.54, 1.807) is 19.9 Å². The number of hydrogen-bond acceptors (Lipinski definition) is 5. The lowest BCUT2D eigenvalue weighted by atomic mass is 9.84. The van der Waals surface area contributed by atoms with Crippen LogP contribution in [0.4, 0.5) is 0 Å². The molecule has 0 saturated carbocycles. The van der Waals surface area contributed by atoms with Crippen LogP contribution in [0.5, 0.6) is 0 Å². The number of rotatable bonds is 2. The van der Waals surface area contributed by atoms with Crippen molar-refractivity contribution in [1.82, 2.24) is 0 Å². The Labute approximate surface area is 148 Å². The molecule has 1 fully saturated rings. The van der Waals surface area contributed by atoms with Crippen molar-refractivity contribution in [1.29, 1.82) is 0 Å². The number of ether oxygens (including phenoxy) is 2. The molecule has 136 valence electrons. The Bertz CT molecular complexity index is 668. The summed E-state index contributed by atoms with van der Waals surface area (Å²) in [6.07, 6.45) is 4.47. The molecule has 1 N–H and O–H groups in total. The second-order valence-electron chi connectivity index (χ2n) is 6.71. The molecular formula is C20H26O5. The molecule has 4 atom stereocenters. The van der Waals surface area contributed by atoms with Crippen molar-refractivity contribution in [3.63, 3.8) is 0 Å². The summed E-state index contributed by atoms with van der Waals surface area (Å²) >= 11 is 0. The maximum Gasteiger partial charge on any atom is 0.334 e. The highest BCUT2D eigenvalue weighted by Crippen LogP contribution is 2.35. The van der Waals surface area contributed by atoms with E-state index in [1.165, 1.54) is 0 Å². The molecule has 5 nitrogen and oxygen atoms in total. The SMILES string of the molecule is C=C1C(=O)O[C@H]2/C=C(\C)CC/C=C(/C)[C@@H](OC(=O)/C(C)=C/C)[C@H](O)[C@@H]12. The number of aliphatic hydroxyl groups excluding tert-OH is 1. The summed E-state index contributed by atoms with van der Waals surface area (Å²) in [6.45, 7) is 11.0. The first-order valence-electron chi connectivity index (χ1n) is 8.52. The third-order valence-electron chi connectivity index (χ3n) is 4.83. The Hall–Kier alpha value is -2.14. The molecule has 1 aliphatic carbocycles. The monoisotopic (exact) mass is 346 g/mol. The average Bonchev–Trinajstić information content (AvgIpc) is 2.84. The summed E-state index contributed by atoms with van der Waals surface area (Å²) in [5, 5.41) is 10.9. The Kier molecular flexibility index (Phi) is 6.01. The topological polar surface area (TPSA) is 72.8 Å². The molecule has 1 aliphatic heterocycles. The summed E-state index contributed by atoms with van der Waals surface area (Å²) in [5.41, 5.74) is 2.50. The first-order valence-corrected chi connectivity index (χ1v) is 8.52. The average molecular weight is 346 g/mol. The minimum Gasteiger partial charge on any atom is -0.454 e. The smallest absolute Gasteiger partial charge is 0.334 e. The van der Waals surface area contributed by atoms with Crippen molar-refractivity contribution in [2.45, 2.75) is 58.8 Å². The molecule has 2 rings (SSSR count). The van der Waals surface area contributed by atoms with Crippen LogP contribution in [0, 0.1) is 5.92 Å². The van der Waals surface area contributed by atoms with E-state index >= 15 is 0 Å². The standard InChI is InChI=1S/C20H26O5/c1-6-12(3)19(22)25-18-13(4)9-7-8-11(2)10-15-16(17(18)21)14(5)20(23)24-15/h6,9-10,15-18,21H,5,7-8H2,1-4H3/b11-10+,12-6+,13-9-/t15-,16-,17+,18+/m0/s1. The van der Waals surface area contributed by atoms with Gasteiger partial charge in [0.05, 0.1) is 5.92 Å². The predicted molar refractivity (Wildman–Crippen MR) is 94.6 cm³/mol. The number of aliphatic hydroxyl groups is 1. The molecule has 0 aromatic carbocycles. The van der Waals surface area contributed by atoms with Gasteiger partial charge in [0.2, 0.25) is 0 Å². The van der Waals surface area contributed by atoms with Crippen LogP contribution in [0.25, 0.3) is 0 Å². The van der Waals surface area contributed by atoms with Crippen LogP contribution in [0.2, 0.25) is 0 Å². The predicted octanol–water partition coefficient (Wildman–Crippen LogP) is 3.01. The van der Waals surface area contributed by atoms with Gasteiger partial charge in [-0.25, -0.2) is 9.59 Å². The van der Waals surface area contributed by atoms with E-state index in [1.807, 2.05) is 26.0 Å². The second-order valence-corrected chi connectivity index (χ2v) is 6.71. The van der Waals surface area contributed by atoms with Gasteiger partial charge >= 0.3 is 11.9 Å². The van der Waals surface area contributed by atoms with Crippen molar-refractivity contribution >= 4 is 11.9 Å². The van der Waals surface area contributed by atoms with Crippen molar-refractivity contribution in [2.75, 3.05) is 0 Å². The number of esters is 2. The van der Waals surface area contributed by atoms with E-state index in [2.05, 4.69) is 6.58 Å². The third kappa shape index (κ3) is 4.10. The van der Waals surface area contributed by atoms with Crippen LogP contribution in [0.1, 0.15) is 40.5 Å². The maximum atomic E-state index is 12.2. The number of carbonyl (C=O) groups is 2. The lowest BCUT2D eigenvalue weighted by molar-refractivity contribution is -0.150. The van der Waals surface area contributed by atoms with Gasteiger partial charge < -0.3 is 14.6 Å². The van der Waals surface area contributed by atoms with E-state index in [-0.39, 0.29) is 5.57 Å². The van der Waals surface area contributed by atoms with Crippen LogP contribution in [-0.2, 0) is 19.1 Å². The molecule has 0 bridgehead atoms. The summed E-state index contributed by atoms with van der Waals surface area (Å²) in [7, 11) is 0. The molecule has 1 saturated heterocycles. The molecular weight excluding hydrogens is 320 g/mol. The fourth-order valence-electron chi connectivity index (χ4n) is 3.10. The lowest BCUT2D eigenvalue weighted by Gasteiger charge is -2.30. The van der Waals surface area contributed by atoms with Crippen LogP contribution in [0.3, 0.4) is 0 Å². The summed E-state index contributed by atoms with van der Waals surface area (Å²) in [6, 6.07) is 0. The zero-order chi connectivity index (χ0) is 18.7. The molecule has 5 heteroatoms. The number of allylic oxidation sites excluding steroid dienone is 3. The van der Waals surface area contributed by atoms with Crippen LogP contribution >= 0.6 is 0 Å². The molecule has 0 amide bonds. The largest absolute Gasteiger partial charge is 0.454 e. The van der Waals surface area contributed by atoms with Gasteiger partial charge in [-0.1, -0.05) is 24.3 Å². The van der Waals surface area contributed by atoms with Gasteiger partial charge in [0, 0.05) is 11.1 Å². The van der Waals surface area contributed by atoms with Gasteiger partial charge in [0.25, 0.3) is 0 Å². The summed E-state index contributed by atoms with van der Waals surface area (Å²) < 4.78 is 10.9. The van der Waals surface area contributed by atoms with Gasteiger partial charge in [-0.05, 0) is 52.2 Å². The zero-order valence-corrected chi connectivity index (χ0v) is 15.2. The van der Waals surface area contributed by atoms with Crippen LogP contribution in [-0.4, -0.2) is 35.4 Å². The van der Waals surface area contributed by atoms with E-state index in [0.717, 1.165) is 24.0 Å². The van der Waals surface area contributed by atoms with Crippen molar-refractivity contribution < 1.29 is 24.2 Å². The Morgan fingerprint density at radius 2 is 2.12 bits per heavy atom. The highest BCUT2D eigenvalue weighted by molar-refractivity contribution is 5.91. The van der Waals surface area contributed by atoms with E-state index < -0.39 is 36.2 Å². The molecule has 1 heterocycles. The molecule has 0 unspecified atom stereocenters. The van der Waals surface area contributed by atoms with E-state index in [0.29, 0.717) is 5.57 Å². The molecule has 25 heavy (non-hydrogen) atoms. The van der Waals surface area contributed by atoms with Gasteiger partial charge in [0.1, 0.15) is 18.3 Å². The molecule has 0 aromatic heterocycles. The zero-order valence-electron chi connectivity index (χ0n) is 15.2. The molecule has 0 radical (unpaired) electrons. The van der Waals surface area contributed by atoms with Crippen LogP contribution < -0.4 is 0 Å². The fourth-order valence-corrected chi connectivity index (χ4v) is 3.10. The van der Waals surface area contributed by atoms with Gasteiger partial charge in [-0.2, -0.15) is 0 Å². The third-order valence-corrected chi connectivity index (χ3v) is 4.83.